The van der Waals surface area contributed by atoms with Crippen molar-refractivity contribution in [1.82, 2.24) is 4.57 Å². The summed E-state index contributed by atoms with van der Waals surface area (Å²) in [7, 11) is 0. The summed E-state index contributed by atoms with van der Waals surface area (Å²) in [5.41, 5.74) is 16.4. The van der Waals surface area contributed by atoms with E-state index in [0.29, 0.717) is 13.1 Å². The van der Waals surface area contributed by atoms with Gasteiger partial charge in [-0.15, -0.1) is 0 Å². The number of nitrogens with zero attached hydrogens (tertiary/aromatic N) is 2. The highest BCUT2D eigenvalue weighted by molar-refractivity contribution is 5.74. The first-order valence-electron chi connectivity index (χ1n) is 6.07. The SMILES string of the molecule is Cc1cc2c(cc1C)[n+](CCN)cn2CCN. The van der Waals surface area contributed by atoms with Gasteiger partial charge in [-0.3, -0.25) is 0 Å². The van der Waals surface area contributed by atoms with Crippen LogP contribution in [0.15, 0.2) is 18.5 Å². The molecule has 4 N–H and O–H groups in total. The maximum absolute atomic E-state index is 5.65. The average molecular weight is 233 g/mol. The van der Waals surface area contributed by atoms with E-state index in [4.69, 9.17) is 11.5 Å². The molecule has 0 bridgehead atoms. The van der Waals surface area contributed by atoms with Crippen LogP contribution in [0.1, 0.15) is 11.1 Å². The number of aryl methyl sites for hydroxylation is 2. The Bertz CT molecular complexity index is 482. The molecular formula is C13H21N4+. The maximum Gasteiger partial charge on any atom is 0.244 e. The molecule has 0 saturated heterocycles. The Kier molecular flexibility index (Phi) is 3.45. The molecule has 2 aromatic rings. The molecule has 0 radical (unpaired) electrons. The summed E-state index contributed by atoms with van der Waals surface area (Å²) in [5, 5.41) is 0. The second-order valence-corrected chi connectivity index (χ2v) is 4.50. The van der Waals surface area contributed by atoms with Crippen molar-refractivity contribution in [1.29, 1.82) is 0 Å². The van der Waals surface area contributed by atoms with E-state index in [1.807, 2.05) is 0 Å². The van der Waals surface area contributed by atoms with E-state index < -0.39 is 0 Å². The minimum absolute atomic E-state index is 0.652. The van der Waals surface area contributed by atoms with Gasteiger partial charge in [0.05, 0.1) is 0 Å². The molecule has 0 aliphatic heterocycles. The molecule has 0 aliphatic rings. The summed E-state index contributed by atoms with van der Waals surface area (Å²) in [6, 6.07) is 4.46. The van der Waals surface area contributed by atoms with Crippen LogP contribution in [0.5, 0.6) is 0 Å². The first kappa shape index (κ1) is 12.1. The lowest BCUT2D eigenvalue weighted by molar-refractivity contribution is -0.669. The molecule has 1 aromatic heterocycles. The Morgan fingerprint density at radius 2 is 1.82 bits per heavy atom. The zero-order valence-corrected chi connectivity index (χ0v) is 10.6. The normalized spacial score (nSPS) is 11.3. The predicted octanol–water partition coefficient (Wildman–Crippen LogP) is 0.463. The van der Waals surface area contributed by atoms with Crippen LogP contribution in [0, 0.1) is 13.8 Å². The highest BCUT2D eigenvalue weighted by atomic mass is 15.1. The lowest BCUT2D eigenvalue weighted by atomic mass is 10.1. The number of hydrogen-bond donors (Lipinski definition) is 2. The quantitative estimate of drug-likeness (QED) is 0.754. The van der Waals surface area contributed by atoms with Gasteiger partial charge in [0, 0.05) is 13.1 Å². The summed E-state index contributed by atoms with van der Waals surface area (Å²) < 4.78 is 4.41. The molecule has 0 unspecified atom stereocenters. The molecule has 0 aliphatic carbocycles. The van der Waals surface area contributed by atoms with Gasteiger partial charge in [-0.05, 0) is 37.1 Å². The molecule has 0 amide bonds. The van der Waals surface area contributed by atoms with Crippen LogP contribution in [-0.4, -0.2) is 17.7 Å². The number of benzene rings is 1. The highest BCUT2D eigenvalue weighted by Crippen LogP contribution is 2.17. The van der Waals surface area contributed by atoms with E-state index in [-0.39, 0.29) is 0 Å². The van der Waals surface area contributed by atoms with Crippen molar-refractivity contribution in [3.8, 4) is 0 Å². The second kappa shape index (κ2) is 4.85. The van der Waals surface area contributed by atoms with Gasteiger partial charge < -0.3 is 11.5 Å². The molecule has 4 nitrogen and oxygen atoms in total. The number of fused-ring (bicyclic) bond motifs is 1. The van der Waals surface area contributed by atoms with Crippen LogP contribution < -0.4 is 16.0 Å². The Morgan fingerprint density at radius 3 is 2.47 bits per heavy atom. The van der Waals surface area contributed by atoms with Crippen molar-refractivity contribution in [3.05, 3.63) is 29.6 Å². The first-order chi connectivity index (χ1) is 8.17. The molecule has 17 heavy (non-hydrogen) atoms. The third-order valence-corrected chi connectivity index (χ3v) is 3.23. The summed E-state index contributed by atoms with van der Waals surface area (Å²) >= 11 is 0. The fraction of sp³-hybridized carbons (Fsp3) is 0.462. The Morgan fingerprint density at radius 1 is 1.12 bits per heavy atom. The predicted molar refractivity (Wildman–Crippen MR) is 69.7 cm³/mol. The maximum atomic E-state index is 5.65. The van der Waals surface area contributed by atoms with Crippen molar-refractivity contribution in [3.63, 3.8) is 0 Å². The van der Waals surface area contributed by atoms with Gasteiger partial charge in [-0.1, -0.05) is 0 Å². The van der Waals surface area contributed by atoms with Gasteiger partial charge in [0.15, 0.2) is 11.0 Å². The van der Waals surface area contributed by atoms with E-state index in [0.717, 1.165) is 13.1 Å². The Labute approximate surface area is 102 Å². The fourth-order valence-electron chi connectivity index (χ4n) is 2.17. The minimum Gasteiger partial charge on any atom is -0.327 e. The zero-order chi connectivity index (χ0) is 12.4. The smallest absolute Gasteiger partial charge is 0.244 e. The van der Waals surface area contributed by atoms with Crippen molar-refractivity contribution < 1.29 is 4.57 Å². The number of rotatable bonds is 4. The fourth-order valence-corrected chi connectivity index (χ4v) is 2.17. The van der Waals surface area contributed by atoms with Crippen molar-refractivity contribution >= 4 is 11.0 Å². The van der Waals surface area contributed by atoms with Crippen molar-refractivity contribution in [2.24, 2.45) is 11.5 Å². The molecule has 92 valence electrons. The van der Waals surface area contributed by atoms with Crippen LogP contribution in [-0.2, 0) is 13.1 Å². The summed E-state index contributed by atoms with van der Waals surface area (Å²) in [4.78, 5) is 0. The van der Waals surface area contributed by atoms with E-state index >= 15 is 0 Å². The third-order valence-electron chi connectivity index (χ3n) is 3.23. The molecular weight excluding hydrogens is 212 g/mol. The van der Waals surface area contributed by atoms with Gasteiger partial charge in [-0.2, -0.15) is 0 Å². The molecule has 4 heteroatoms. The van der Waals surface area contributed by atoms with E-state index in [2.05, 4.69) is 41.4 Å². The van der Waals surface area contributed by atoms with Crippen LogP contribution in [0.3, 0.4) is 0 Å². The monoisotopic (exact) mass is 233 g/mol. The van der Waals surface area contributed by atoms with E-state index in [1.165, 1.54) is 22.2 Å². The number of aromatic nitrogens is 2. The molecule has 0 atom stereocenters. The lowest BCUT2D eigenvalue weighted by Crippen LogP contribution is -2.36. The largest absolute Gasteiger partial charge is 0.327 e. The number of nitrogens with two attached hydrogens (primary N) is 2. The van der Waals surface area contributed by atoms with Crippen LogP contribution in [0.2, 0.25) is 0 Å². The number of hydrogen-bond acceptors (Lipinski definition) is 2. The van der Waals surface area contributed by atoms with Gasteiger partial charge >= 0.3 is 0 Å². The molecule has 2 rings (SSSR count). The summed E-state index contributed by atoms with van der Waals surface area (Å²) in [5.74, 6) is 0. The highest BCUT2D eigenvalue weighted by Gasteiger charge is 2.15. The zero-order valence-electron chi connectivity index (χ0n) is 10.6. The Balaban J connectivity index is 2.63. The molecule has 1 heterocycles. The van der Waals surface area contributed by atoms with Gasteiger partial charge in [-0.25, -0.2) is 9.13 Å². The average Bonchev–Trinajstić information content (AvgIpc) is 2.60. The summed E-state index contributed by atoms with van der Waals surface area (Å²) in [6.07, 6.45) is 2.11. The Hall–Kier alpha value is -1.39. The second-order valence-electron chi connectivity index (χ2n) is 4.50. The van der Waals surface area contributed by atoms with Gasteiger partial charge in [0.1, 0.15) is 13.1 Å². The van der Waals surface area contributed by atoms with Crippen LogP contribution in [0.25, 0.3) is 11.0 Å². The van der Waals surface area contributed by atoms with E-state index in [9.17, 15) is 0 Å². The number of imidazole rings is 1. The molecule has 0 spiro atoms. The van der Waals surface area contributed by atoms with Crippen molar-refractivity contribution in [2.75, 3.05) is 13.1 Å². The third kappa shape index (κ3) is 2.18. The molecule has 0 saturated carbocycles. The summed E-state index contributed by atoms with van der Waals surface area (Å²) in [6.45, 7) is 7.27. The first-order valence-corrected chi connectivity index (χ1v) is 6.07. The molecule has 1 aromatic carbocycles. The van der Waals surface area contributed by atoms with E-state index in [1.54, 1.807) is 0 Å². The van der Waals surface area contributed by atoms with Crippen LogP contribution in [0.4, 0.5) is 0 Å². The van der Waals surface area contributed by atoms with Crippen LogP contribution >= 0.6 is 0 Å². The van der Waals surface area contributed by atoms with Gasteiger partial charge in [0.25, 0.3) is 0 Å². The topological polar surface area (TPSA) is 60.8 Å². The van der Waals surface area contributed by atoms with Gasteiger partial charge in [0.2, 0.25) is 6.33 Å². The molecule has 0 fully saturated rings. The minimum atomic E-state index is 0.652. The standard InChI is InChI=1S/C13H21N4/c1-10-7-12-13(8-11(10)2)17(6-4-15)9-16(12)5-3-14/h7-9H,3-6,14-15H2,1-2H3/q+1. The van der Waals surface area contributed by atoms with Crippen molar-refractivity contribution in [2.45, 2.75) is 26.9 Å². The lowest BCUT2D eigenvalue weighted by Gasteiger charge is -2.00.